The van der Waals surface area contributed by atoms with E-state index < -0.39 is 0 Å². The average Bonchev–Trinajstić information content (AvgIpc) is 2.54. The number of aromatic nitrogens is 2. The smallest absolute Gasteiger partial charge is 0.262 e. The van der Waals surface area contributed by atoms with Crippen LogP contribution in [0.15, 0.2) is 46.9 Å². The van der Waals surface area contributed by atoms with Gasteiger partial charge in [-0.25, -0.2) is 4.98 Å². The van der Waals surface area contributed by atoms with E-state index in [0.29, 0.717) is 29.1 Å². The van der Waals surface area contributed by atoms with Crippen molar-refractivity contribution in [2.24, 2.45) is 0 Å². The van der Waals surface area contributed by atoms with Gasteiger partial charge in [0.2, 0.25) is 5.91 Å². The van der Waals surface area contributed by atoms with Crippen LogP contribution >= 0.6 is 11.8 Å². The quantitative estimate of drug-likeness (QED) is 0.483. The molecule has 0 aliphatic rings. The molecule has 0 aliphatic heterocycles. The number of nitrogens with one attached hydrogen (secondary N) is 1. The zero-order chi connectivity index (χ0) is 15.9. The number of amides is 1. The lowest BCUT2D eigenvalue weighted by Gasteiger charge is -2.12. The molecular weight excluding hydrogens is 298 g/mol. The average molecular weight is 317 g/mol. The van der Waals surface area contributed by atoms with Crippen molar-refractivity contribution >= 4 is 28.6 Å². The molecule has 6 heteroatoms. The molecule has 0 unspecified atom stereocenters. The van der Waals surface area contributed by atoms with Gasteiger partial charge in [0.15, 0.2) is 5.16 Å². The molecule has 0 saturated heterocycles. The maximum atomic E-state index is 12.6. The summed E-state index contributed by atoms with van der Waals surface area (Å²) >= 11 is 1.28. The molecule has 0 aliphatic carbocycles. The minimum absolute atomic E-state index is 0.0542. The zero-order valence-corrected chi connectivity index (χ0v) is 13.4. The number of carbonyl (C=O) groups is 1. The SMILES string of the molecule is C=CCNC(=O)CSc1nc2ccccc2c(=O)n1CCC. The molecule has 5 nitrogen and oxygen atoms in total. The fourth-order valence-corrected chi connectivity index (χ4v) is 2.90. The number of hydrogen-bond donors (Lipinski definition) is 1. The van der Waals surface area contributed by atoms with Crippen LogP contribution in [-0.4, -0.2) is 27.8 Å². The summed E-state index contributed by atoms with van der Waals surface area (Å²) in [7, 11) is 0. The van der Waals surface area contributed by atoms with Gasteiger partial charge in [0.1, 0.15) is 0 Å². The molecule has 2 rings (SSSR count). The van der Waals surface area contributed by atoms with Crippen molar-refractivity contribution in [2.75, 3.05) is 12.3 Å². The molecule has 1 N–H and O–H groups in total. The summed E-state index contributed by atoms with van der Waals surface area (Å²) in [5.41, 5.74) is 0.607. The lowest BCUT2D eigenvalue weighted by atomic mass is 10.2. The fourth-order valence-electron chi connectivity index (χ4n) is 2.05. The van der Waals surface area contributed by atoms with Gasteiger partial charge in [-0.2, -0.15) is 0 Å². The number of hydrogen-bond acceptors (Lipinski definition) is 4. The van der Waals surface area contributed by atoms with E-state index in [1.165, 1.54) is 11.8 Å². The lowest BCUT2D eigenvalue weighted by molar-refractivity contribution is -0.118. The van der Waals surface area contributed by atoms with Crippen LogP contribution < -0.4 is 10.9 Å². The summed E-state index contributed by atoms with van der Waals surface area (Å²) in [6.07, 6.45) is 2.46. The normalized spacial score (nSPS) is 10.6. The minimum Gasteiger partial charge on any atom is -0.352 e. The number of rotatable bonds is 7. The fraction of sp³-hybridized carbons (Fsp3) is 0.312. The summed E-state index contributed by atoms with van der Waals surface area (Å²) < 4.78 is 1.65. The number of fused-ring (bicyclic) bond motifs is 1. The predicted molar refractivity (Wildman–Crippen MR) is 90.2 cm³/mol. The molecule has 22 heavy (non-hydrogen) atoms. The highest BCUT2D eigenvalue weighted by atomic mass is 32.2. The summed E-state index contributed by atoms with van der Waals surface area (Å²) in [5.74, 6) is 0.123. The molecular formula is C16H19N3O2S. The Balaban J connectivity index is 2.31. The Kier molecular flexibility index (Phi) is 5.77. The van der Waals surface area contributed by atoms with Crippen molar-refractivity contribution in [1.29, 1.82) is 0 Å². The topological polar surface area (TPSA) is 64.0 Å². The molecule has 1 aromatic carbocycles. The van der Waals surface area contributed by atoms with Gasteiger partial charge in [-0.1, -0.05) is 36.9 Å². The van der Waals surface area contributed by atoms with Gasteiger partial charge in [0, 0.05) is 13.1 Å². The van der Waals surface area contributed by atoms with Crippen LogP contribution in [0.2, 0.25) is 0 Å². The van der Waals surface area contributed by atoms with E-state index in [4.69, 9.17) is 0 Å². The number of para-hydroxylation sites is 1. The molecule has 0 saturated carbocycles. The van der Waals surface area contributed by atoms with Crippen LogP contribution in [0, 0.1) is 0 Å². The molecule has 0 atom stereocenters. The minimum atomic E-state index is -0.102. The van der Waals surface area contributed by atoms with E-state index in [1.54, 1.807) is 16.7 Å². The standard InChI is InChI=1S/C16H19N3O2S/c1-3-9-17-14(20)11-22-16-18-13-8-6-5-7-12(13)15(21)19(16)10-4-2/h3,5-8H,1,4,9-11H2,2H3,(H,17,20). The Morgan fingerprint density at radius 2 is 2.23 bits per heavy atom. The van der Waals surface area contributed by atoms with Crippen LogP contribution in [-0.2, 0) is 11.3 Å². The van der Waals surface area contributed by atoms with Crippen LogP contribution in [0.25, 0.3) is 10.9 Å². The Hall–Kier alpha value is -2.08. The second-order valence-corrected chi connectivity index (χ2v) is 5.69. The van der Waals surface area contributed by atoms with Gasteiger partial charge in [0.05, 0.1) is 16.7 Å². The molecule has 0 radical (unpaired) electrons. The largest absolute Gasteiger partial charge is 0.352 e. The zero-order valence-electron chi connectivity index (χ0n) is 12.5. The highest BCUT2D eigenvalue weighted by Crippen LogP contribution is 2.17. The Morgan fingerprint density at radius 3 is 2.95 bits per heavy atom. The van der Waals surface area contributed by atoms with Crippen molar-refractivity contribution in [3.63, 3.8) is 0 Å². The molecule has 0 fully saturated rings. The van der Waals surface area contributed by atoms with Gasteiger partial charge in [0.25, 0.3) is 5.56 Å². The molecule has 1 amide bonds. The van der Waals surface area contributed by atoms with Gasteiger partial charge in [-0.15, -0.1) is 6.58 Å². The maximum Gasteiger partial charge on any atom is 0.262 e. The first-order chi connectivity index (χ1) is 10.7. The van der Waals surface area contributed by atoms with E-state index in [2.05, 4.69) is 16.9 Å². The Bertz CT molecular complexity index is 740. The van der Waals surface area contributed by atoms with E-state index in [-0.39, 0.29) is 17.2 Å². The molecule has 1 aromatic heterocycles. The monoisotopic (exact) mass is 317 g/mol. The summed E-state index contributed by atoms with van der Waals surface area (Å²) in [6, 6.07) is 7.28. The molecule has 116 valence electrons. The summed E-state index contributed by atoms with van der Waals surface area (Å²) in [6.45, 7) is 6.59. The first-order valence-electron chi connectivity index (χ1n) is 7.17. The maximum absolute atomic E-state index is 12.6. The molecule has 1 heterocycles. The molecule has 0 bridgehead atoms. The number of thioether (sulfide) groups is 1. The van der Waals surface area contributed by atoms with Gasteiger partial charge < -0.3 is 5.32 Å². The Labute approximate surface area is 133 Å². The molecule has 2 aromatic rings. The van der Waals surface area contributed by atoms with Crippen molar-refractivity contribution in [2.45, 2.75) is 25.0 Å². The van der Waals surface area contributed by atoms with Gasteiger partial charge >= 0.3 is 0 Å². The highest BCUT2D eigenvalue weighted by molar-refractivity contribution is 7.99. The number of benzene rings is 1. The first kappa shape index (κ1) is 16.3. The third-order valence-electron chi connectivity index (χ3n) is 3.05. The Morgan fingerprint density at radius 1 is 1.45 bits per heavy atom. The molecule has 0 spiro atoms. The summed E-state index contributed by atoms with van der Waals surface area (Å²) in [4.78, 5) is 28.8. The van der Waals surface area contributed by atoms with Gasteiger partial charge in [-0.3, -0.25) is 14.2 Å². The van der Waals surface area contributed by atoms with Crippen LogP contribution in [0.3, 0.4) is 0 Å². The van der Waals surface area contributed by atoms with Crippen LogP contribution in [0.5, 0.6) is 0 Å². The van der Waals surface area contributed by atoms with Crippen molar-refractivity contribution < 1.29 is 4.79 Å². The highest BCUT2D eigenvalue weighted by Gasteiger charge is 2.12. The van der Waals surface area contributed by atoms with Crippen molar-refractivity contribution in [3.05, 3.63) is 47.3 Å². The predicted octanol–water partition coefficient (Wildman–Crippen LogP) is 2.20. The second-order valence-electron chi connectivity index (χ2n) is 4.75. The van der Waals surface area contributed by atoms with Crippen molar-refractivity contribution in [1.82, 2.24) is 14.9 Å². The van der Waals surface area contributed by atoms with Crippen LogP contribution in [0.1, 0.15) is 13.3 Å². The third kappa shape index (κ3) is 3.76. The number of nitrogens with zero attached hydrogens (tertiary/aromatic N) is 2. The van der Waals surface area contributed by atoms with Crippen molar-refractivity contribution in [3.8, 4) is 0 Å². The van der Waals surface area contributed by atoms with E-state index in [1.807, 2.05) is 25.1 Å². The second kappa shape index (κ2) is 7.79. The van der Waals surface area contributed by atoms with E-state index >= 15 is 0 Å². The third-order valence-corrected chi connectivity index (χ3v) is 4.03. The van der Waals surface area contributed by atoms with E-state index in [0.717, 1.165) is 6.42 Å². The van der Waals surface area contributed by atoms with Gasteiger partial charge in [-0.05, 0) is 18.6 Å². The van der Waals surface area contributed by atoms with Crippen LogP contribution in [0.4, 0.5) is 0 Å². The first-order valence-corrected chi connectivity index (χ1v) is 8.16. The van der Waals surface area contributed by atoms with E-state index in [9.17, 15) is 9.59 Å². The lowest BCUT2D eigenvalue weighted by Crippen LogP contribution is -2.27. The summed E-state index contributed by atoms with van der Waals surface area (Å²) in [5, 5.41) is 3.90. The number of carbonyl (C=O) groups excluding carboxylic acids is 1.